The number of sulfonamides is 2. The van der Waals surface area contributed by atoms with Crippen molar-refractivity contribution in [3.8, 4) is 5.75 Å². The molecule has 33 heavy (non-hydrogen) atoms. The van der Waals surface area contributed by atoms with E-state index in [9.17, 15) is 21.6 Å². The van der Waals surface area contributed by atoms with Crippen molar-refractivity contribution < 1.29 is 26.4 Å². The zero-order chi connectivity index (χ0) is 24.1. The van der Waals surface area contributed by atoms with Crippen molar-refractivity contribution >= 4 is 26.0 Å². The number of nitrogens with zero attached hydrogens (tertiary/aromatic N) is 1. The monoisotopic (exact) mass is 495 g/mol. The third-order valence-corrected chi connectivity index (χ3v) is 8.78. The summed E-state index contributed by atoms with van der Waals surface area (Å²) >= 11 is 0. The molecular formula is C22H29N3O6S2. The highest BCUT2D eigenvalue weighted by molar-refractivity contribution is 7.89. The highest BCUT2D eigenvalue weighted by Gasteiger charge is 2.27. The van der Waals surface area contributed by atoms with Crippen molar-refractivity contribution in [3.05, 3.63) is 53.6 Å². The lowest BCUT2D eigenvalue weighted by atomic mass is 10.2. The van der Waals surface area contributed by atoms with Gasteiger partial charge in [0.25, 0.3) is 5.91 Å². The van der Waals surface area contributed by atoms with Gasteiger partial charge in [-0.3, -0.25) is 4.79 Å². The number of nitrogens with one attached hydrogen (secondary N) is 2. The number of hydrogen-bond donors (Lipinski definition) is 2. The van der Waals surface area contributed by atoms with Crippen LogP contribution < -0.4 is 14.8 Å². The van der Waals surface area contributed by atoms with Gasteiger partial charge in [-0.1, -0.05) is 12.1 Å². The van der Waals surface area contributed by atoms with Gasteiger partial charge in [0.2, 0.25) is 20.0 Å². The zero-order valence-corrected chi connectivity index (χ0v) is 20.3. The van der Waals surface area contributed by atoms with E-state index in [-0.39, 0.29) is 33.6 Å². The highest BCUT2D eigenvalue weighted by Crippen LogP contribution is 2.25. The van der Waals surface area contributed by atoms with Crippen LogP contribution >= 0.6 is 0 Å². The van der Waals surface area contributed by atoms with Gasteiger partial charge in [0.15, 0.2) is 0 Å². The molecule has 0 aromatic heterocycles. The van der Waals surface area contributed by atoms with Gasteiger partial charge in [0, 0.05) is 31.7 Å². The van der Waals surface area contributed by atoms with Gasteiger partial charge in [-0.2, -0.15) is 4.31 Å². The summed E-state index contributed by atoms with van der Waals surface area (Å²) in [6, 6.07) is 10.7. The quantitative estimate of drug-likeness (QED) is 0.518. The maximum absolute atomic E-state index is 12.9. The second-order valence-electron chi connectivity index (χ2n) is 7.63. The van der Waals surface area contributed by atoms with Crippen molar-refractivity contribution in [2.75, 3.05) is 33.3 Å². The molecule has 0 unspecified atom stereocenters. The van der Waals surface area contributed by atoms with Crippen molar-refractivity contribution in [3.63, 3.8) is 0 Å². The van der Waals surface area contributed by atoms with Crippen LogP contribution in [0.2, 0.25) is 0 Å². The van der Waals surface area contributed by atoms with Crippen molar-refractivity contribution in [2.45, 2.75) is 36.0 Å². The molecule has 2 aromatic carbocycles. The molecule has 1 saturated heterocycles. The molecule has 11 heteroatoms. The van der Waals surface area contributed by atoms with Crippen LogP contribution in [0.4, 0.5) is 0 Å². The summed E-state index contributed by atoms with van der Waals surface area (Å²) in [6.45, 7) is 3.36. The van der Waals surface area contributed by atoms with Gasteiger partial charge in [-0.25, -0.2) is 21.6 Å². The average molecular weight is 496 g/mol. The van der Waals surface area contributed by atoms with Gasteiger partial charge in [0.1, 0.15) is 10.6 Å². The summed E-state index contributed by atoms with van der Waals surface area (Å²) in [5.74, 6) is -0.243. The van der Waals surface area contributed by atoms with Crippen LogP contribution in [-0.2, 0) is 26.5 Å². The predicted octanol–water partition coefficient (Wildman–Crippen LogP) is 1.75. The van der Waals surface area contributed by atoms with Crippen LogP contribution in [0.3, 0.4) is 0 Å². The first kappa shape index (κ1) is 25.2. The Morgan fingerprint density at radius 1 is 1.03 bits per heavy atom. The van der Waals surface area contributed by atoms with Crippen LogP contribution in [-0.4, -0.2) is 60.3 Å². The second kappa shape index (κ2) is 10.6. The van der Waals surface area contributed by atoms with Crippen LogP contribution in [0.25, 0.3) is 0 Å². The fourth-order valence-electron chi connectivity index (χ4n) is 3.60. The van der Waals surface area contributed by atoms with Crippen LogP contribution in [0, 0.1) is 0 Å². The molecule has 1 aliphatic heterocycles. The van der Waals surface area contributed by atoms with Crippen LogP contribution in [0.15, 0.2) is 52.3 Å². The Hall–Kier alpha value is -2.47. The van der Waals surface area contributed by atoms with E-state index in [4.69, 9.17) is 4.74 Å². The van der Waals surface area contributed by atoms with Gasteiger partial charge in [-0.05, 0) is 62.1 Å². The third kappa shape index (κ3) is 5.91. The number of carbonyl (C=O) groups excluding carboxylic acids is 1. The lowest BCUT2D eigenvalue weighted by molar-refractivity contribution is 0.0955. The van der Waals surface area contributed by atoms with Crippen LogP contribution in [0.1, 0.15) is 35.7 Å². The SMILES string of the molecule is CCNC(=O)c1ccc(OC)c(S(=O)(=O)NCCc2ccc(S(=O)(=O)N3CCCC3)cc2)c1. The minimum Gasteiger partial charge on any atom is -0.495 e. The molecule has 9 nitrogen and oxygen atoms in total. The Kier molecular flexibility index (Phi) is 8.11. The molecule has 0 aliphatic carbocycles. The minimum atomic E-state index is -3.94. The number of hydrogen-bond acceptors (Lipinski definition) is 6. The first-order valence-corrected chi connectivity index (χ1v) is 13.7. The molecule has 1 amide bonds. The summed E-state index contributed by atoms with van der Waals surface area (Å²) in [4.78, 5) is 12.2. The van der Waals surface area contributed by atoms with E-state index < -0.39 is 20.0 Å². The molecule has 1 aliphatic rings. The Morgan fingerprint density at radius 2 is 1.70 bits per heavy atom. The molecule has 0 radical (unpaired) electrons. The number of methoxy groups -OCH3 is 1. The fourth-order valence-corrected chi connectivity index (χ4v) is 6.35. The normalized spacial score (nSPS) is 14.8. The number of carbonyl (C=O) groups is 1. The third-order valence-electron chi connectivity index (χ3n) is 5.38. The van der Waals surface area contributed by atoms with Gasteiger partial charge in [0.05, 0.1) is 12.0 Å². The van der Waals surface area contributed by atoms with E-state index in [1.807, 2.05) is 0 Å². The summed E-state index contributed by atoms with van der Waals surface area (Å²) in [7, 11) is -6.07. The fraction of sp³-hybridized carbons (Fsp3) is 0.409. The predicted molar refractivity (Wildman–Crippen MR) is 124 cm³/mol. The van der Waals surface area contributed by atoms with Gasteiger partial charge in [-0.15, -0.1) is 0 Å². The van der Waals surface area contributed by atoms with Gasteiger partial charge >= 0.3 is 0 Å². The van der Waals surface area contributed by atoms with E-state index in [0.29, 0.717) is 26.1 Å². The standard InChI is InChI=1S/C22H29N3O6S2/c1-3-23-22(26)18-8-11-20(31-2)21(16-18)32(27,28)24-13-12-17-6-9-19(10-7-17)33(29,30)25-14-4-5-15-25/h6-11,16,24H,3-5,12-15H2,1-2H3,(H,23,26). The zero-order valence-electron chi connectivity index (χ0n) is 18.7. The number of rotatable bonds is 10. The summed E-state index contributed by atoms with van der Waals surface area (Å²) in [5, 5.41) is 2.63. The molecule has 1 fully saturated rings. The number of amides is 1. The summed E-state index contributed by atoms with van der Waals surface area (Å²) in [6.07, 6.45) is 2.10. The molecule has 2 aromatic rings. The Balaban J connectivity index is 1.67. The topological polar surface area (TPSA) is 122 Å². The first-order chi connectivity index (χ1) is 15.7. The Bertz CT molecular complexity index is 1190. The highest BCUT2D eigenvalue weighted by atomic mass is 32.2. The van der Waals surface area contributed by atoms with Crippen molar-refractivity contribution in [1.29, 1.82) is 0 Å². The minimum absolute atomic E-state index is 0.0924. The maximum atomic E-state index is 12.9. The summed E-state index contributed by atoms with van der Waals surface area (Å²) < 4.78 is 60.1. The van der Waals surface area contributed by atoms with Crippen LogP contribution in [0.5, 0.6) is 5.75 Å². The maximum Gasteiger partial charge on any atom is 0.251 e. The number of ether oxygens (including phenoxy) is 1. The largest absolute Gasteiger partial charge is 0.495 e. The van der Waals surface area contributed by atoms with Crippen molar-refractivity contribution in [2.24, 2.45) is 0 Å². The van der Waals surface area contributed by atoms with E-state index in [1.54, 1.807) is 31.2 Å². The molecule has 3 rings (SSSR count). The molecule has 180 valence electrons. The van der Waals surface area contributed by atoms with E-state index in [1.165, 1.54) is 29.6 Å². The molecule has 0 spiro atoms. The first-order valence-electron chi connectivity index (χ1n) is 10.7. The Morgan fingerprint density at radius 3 is 2.30 bits per heavy atom. The van der Waals surface area contributed by atoms with E-state index in [0.717, 1.165) is 18.4 Å². The molecular weight excluding hydrogens is 466 g/mol. The lowest BCUT2D eigenvalue weighted by Crippen LogP contribution is -2.28. The molecule has 0 saturated carbocycles. The van der Waals surface area contributed by atoms with E-state index in [2.05, 4.69) is 10.0 Å². The lowest BCUT2D eigenvalue weighted by Gasteiger charge is -2.15. The molecule has 0 atom stereocenters. The average Bonchev–Trinajstić information content (AvgIpc) is 3.35. The van der Waals surface area contributed by atoms with Crippen molar-refractivity contribution in [1.82, 2.24) is 14.3 Å². The molecule has 2 N–H and O–H groups in total. The molecule has 1 heterocycles. The molecule has 0 bridgehead atoms. The van der Waals surface area contributed by atoms with Gasteiger partial charge < -0.3 is 10.1 Å². The smallest absolute Gasteiger partial charge is 0.251 e. The number of benzene rings is 2. The summed E-state index contributed by atoms with van der Waals surface area (Å²) in [5.41, 5.74) is 1.01. The van der Waals surface area contributed by atoms with E-state index >= 15 is 0 Å². The second-order valence-corrected chi connectivity index (χ2v) is 11.3. The Labute approximate surface area is 195 Å².